The second-order valence-electron chi connectivity index (χ2n) is 6.76. The SMILES string of the molecule is Cc1ccc(CCCCCCNC(C)(C)C)cc1C. The van der Waals surface area contributed by atoms with E-state index in [-0.39, 0.29) is 5.54 Å². The fraction of sp³-hybridized carbons (Fsp3) is 0.667. The molecule has 0 spiro atoms. The molecule has 1 heteroatoms. The summed E-state index contributed by atoms with van der Waals surface area (Å²) in [6, 6.07) is 6.87. The van der Waals surface area contributed by atoms with Gasteiger partial charge in [0.25, 0.3) is 0 Å². The number of nitrogens with one attached hydrogen (secondary N) is 1. The molecule has 108 valence electrons. The summed E-state index contributed by atoms with van der Waals surface area (Å²) in [5, 5.41) is 3.54. The molecule has 1 aromatic rings. The molecule has 0 saturated carbocycles. The molecule has 0 unspecified atom stereocenters. The highest BCUT2D eigenvalue weighted by molar-refractivity contribution is 5.29. The molecular weight excluding hydrogens is 230 g/mol. The van der Waals surface area contributed by atoms with E-state index in [0.29, 0.717) is 0 Å². The maximum atomic E-state index is 3.54. The first-order valence-corrected chi connectivity index (χ1v) is 7.70. The maximum Gasteiger partial charge on any atom is 0.00965 e. The second kappa shape index (κ2) is 7.69. The van der Waals surface area contributed by atoms with Gasteiger partial charge in [0.2, 0.25) is 0 Å². The molecule has 1 N–H and O–H groups in total. The third kappa shape index (κ3) is 7.37. The lowest BCUT2D eigenvalue weighted by molar-refractivity contribution is 0.416. The third-order valence-corrected chi connectivity index (χ3v) is 3.62. The summed E-state index contributed by atoms with van der Waals surface area (Å²) in [4.78, 5) is 0. The Bertz CT molecular complexity index is 374. The minimum Gasteiger partial charge on any atom is -0.312 e. The average molecular weight is 261 g/mol. The van der Waals surface area contributed by atoms with Crippen LogP contribution in [0.2, 0.25) is 0 Å². The Hall–Kier alpha value is -0.820. The maximum absolute atomic E-state index is 3.54. The van der Waals surface area contributed by atoms with Crippen molar-refractivity contribution in [2.75, 3.05) is 6.54 Å². The number of benzene rings is 1. The van der Waals surface area contributed by atoms with Crippen LogP contribution in [-0.2, 0) is 6.42 Å². The largest absolute Gasteiger partial charge is 0.312 e. The molecule has 0 atom stereocenters. The van der Waals surface area contributed by atoms with Gasteiger partial charge in [-0.05, 0) is 77.1 Å². The molecule has 0 amide bonds. The molecule has 1 rings (SSSR count). The van der Waals surface area contributed by atoms with Gasteiger partial charge in [-0.15, -0.1) is 0 Å². The minimum atomic E-state index is 0.263. The topological polar surface area (TPSA) is 12.0 Å². The summed E-state index contributed by atoms with van der Waals surface area (Å²) in [5.41, 5.74) is 4.58. The van der Waals surface area contributed by atoms with Gasteiger partial charge < -0.3 is 5.32 Å². The van der Waals surface area contributed by atoms with E-state index in [1.165, 1.54) is 48.8 Å². The van der Waals surface area contributed by atoms with Crippen LogP contribution in [0.15, 0.2) is 18.2 Å². The zero-order chi connectivity index (χ0) is 14.3. The Balaban J connectivity index is 2.09. The van der Waals surface area contributed by atoms with E-state index in [4.69, 9.17) is 0 Å². The number of rotatable bonds is 7. The molecule has 0 heterocycles. The molecule has 0 fully saturated rings. The van der Waals surface area contributed by atoms with E-state index in [2.05, 4.69) is 58.1 Å². The summed E-state index contributed by atoms with van der Waals surface area (Å²) in [5.74, 6) is 0. The molecule has 19 heavy (non-hydrogen) atoms. The van der Waals surface area contributed by atoms with E-state index in [0.717, 1.165) is 6.54 Å². The fourth-order valence-electron chi connectivity index (χ4n) is 2.23. The Morgan fingerprint density at radius 3 is 2.21 bits per heavy atom. The quantitative estimate of drug-likeness (QED) is 0.696. The van der Waals surface area contributed by atoms with Crippen LogP contribution in [0.4, 0.5) is 0 Å². The van der Waals surface area contributed by atoms with Crippen molar-refractivity contribution >= 4 is 0 Å². The molecule has 0 aliphatic rings. The minimum absolute atomic E-state index is 0.263. The first-order chi connectivity index (χ1) is 8.88. The average Bonchev–Trinajstić information content (AvgIpc) is 2.31. The van der Waals surface area contributed by atoms with Crippen molar-refractivity contribution < 1.29 is 0 Å². The monoisotopic (exact) mass is 261 g/mol. The summed E-state index contributed by atoms with van der Waals surface area (Å²) in [6.07, 6.45) is 6.53. The molecule has 0 aliphatic heterocycles. The highest BCUT2D eigenvalue weighted by atomic mass is 14.9. The summed E-state index contributed by atoms with van der Waals surface area (Å²) in [7, 11) is 0. The normalized spacial score (nSPS) is 11.8. The molecular formula is C18H31N. The zero-order valence-electron chi connectivity index (χ0n) is 13.5. The Morgan fingerprint density at radius 1 is 0.895 bits per heavy atom. The highest BCUT2D eigenvalue weighted by Crippen LogP contribution is 2.13. The van der Waals surface area contributed by atoms with Crippen LogP contribution >= 0.6 is 0 Å². The Kier molecular flexibility index (Phi) is 6.57. The molecule has 0 aromatic heterocycles. The molecule has 0 radical (unpaired) electrons. The van der Waals surface area contributed by atoms with Crippen LogP contribution < -0.4 is 5.32 Å². The number of hydrogen-bond donors (Lipinski definition) is 1. The van der Waals surface area contributed by atoms with Gasteiger partial charge >= 0.3 is 0 Å². The van der Waals surface area contributed by atoms with Crippen molar-refractivity contribution in [3.05, 3.63) is 34.9 Å². The third-order valence-electron chi connectivity index (χ3n) is 3.62. The van der Waals surface area contributed by atoms with Gasteiger partial charge in [-0.3, -0.25) is 0 Å². The number of unbranched alkanes of at least 4 members (excludes halogenated alkanes) is 3. The first kappa shape index (κ1) is 16.2. The molecule has 0 bridgehead atoms. The molecule has 0 saturated heterocycles. The highest BCUT2D eigenvalue weighted by Gasteiger charge is 2.06. The van der Waals surface area contributed by atoms with Crippen molar-refractivity contribution in [3.8, 4) is 0 Å². The van der Waals surface area contributed by atoms with Gasteiger partial charge in [0, 0.05) is 5.54 Å². The van der Waals surface area contributed by atoms with Crippen molar-refractivity contribution in [3.63, 3.8) is 0 Å². The van der Waals surface area contributed by atoms with E-state index >= 15 is 0 Å². The van der Waals surface area contributed by atoms with Gasteiger partial charge in [0.15, 0.2) is 0 Å². The predicted octanol–water partition coefficient (Wildman–Crippen LogP) is 4.79. The Morgan fingerprint density at radius 2 is 1.58 bits per heavy atom. The number of aryl methyl sites for hydroxylation is 3. The summed E-state index contributed by atoms with van der Waals surface area (Å²) < 4.78 is 0. The van der Waals surface area contributed by atoms with Crippen molar-refractivity contribution in [2.24, 2.45) is 0 Å². The molecule has 1 aromatic carbocycles. The van der Waals surface area contributed by atoms with Crippen molar-refractivity contribution in [2.45, 2.75) is 72.3 Å². The van der Waals surface area contributed by atoms with Crippen LogP contribution in [0.3, 0.4) is 0 Å². The molecule has 1 nitrogen and oxygen atoms in total. The van der Waals surface area contributed by atoms with E-state index in [1.807, 2.05) is 0 Å². The van der Waals surface area contributed by atoms with Crippen molar-refractivity contribution in [1.82, 2.24) is 5.32 Å². The zero-order valence-corrected chi connectivity index (χ0v) is 13.5. The lowest BCUT2D eigenvalue weighted by atomic mass is 10.0. The second-order valence-corrected chi connectivity index (χ2v) is 6.76. The van der Waals surface area contributed by atoms with Crippen LogP contribution in [0.5, 0.6) is 0 Å². The fourth-order valence-corrected chi connectivity index (χ4v) is 2.23. The van der Waals surface area contributed by atoms with Crippen LogP contribution in [0.25, 0.3) is 0 Å². The van der Waals surface area contributed by atoms with E-state index < -0.39 is 0 Å². The van der Waals surface area contributed by atoms with Gasteiger partial charge in [0.1, 0.15) is 0 Å². The lowest BCUT2D eigenvalue weighted by Crippen LogP contribution is -2.36. The van der Waals surface area contributed by atoms with Crippen LogP contribution in [-0.4, -0.2) is 12.1 Å². The van der Waals surface area contributed by atoms with Gasteiger partial charge in [-0.1, -0.05) is 31.0 Å². The predicted molar refractivity (Wildman–Crippen MR) is 85.8 cm³/mol. The van der Waals surface area contributed by atoms with E-state index in [1.54, 1.807) is 0 Å². The summed E-state index contributed by atoms with van der Waals surface area (Å²) in [6.45, 7) is 12.2. The van der Waals surface area contributed by atoms with Gasteiger partial charge in [-0.2, -0.15) is 0 Å². The van der Waals surface area contributed by atoms with Gasteiger partial charge in [-0.25, -0.2) is 0 Å². The Labute approximate surface area is 119 Å². The van der Waals surface area contributed by atoms with E-state index in [9.17, 15) is 0 Å². The van der Waals surface area contributed by atoms with Crippen LogP contribution in [0, 0.1) is 13.8 Å². The first-order valence-electron chi connectivity index (χ1n) is 7.70. The standard InChI is InChI=1S/C18H31N/c1-15-11-12-17(14-16(15)2)10-8-6-7-9-13-19-18(3,4)5/h11-12,14,19H,6-10,13H2,1-5H3. The smallest absolute Gasteiger partial charge is 0.00965 e. The lowest BCUT2D eigenvalue weighted by Gasteiger charge is -2.20. The van der Waals surface area contributed by atoms with Crippen molar-refractivity contribution in [1.29, 1.82) is 0 Å². The van der Waals surface area contributed by atoms with Gasteiger partial charge in [0.05, 0.1) is 0 Å². The van der Waals surface area contributed by atoms with Crippen LogP contribution in [0.1, 0.15) is 63.1 Å². The summed E-state index contributed by atoms with van der Waals surface area (Å²) >= 11 is 0. The molecule has 0 aliphatic carbocycles. The number of hydrogen-bond acceptors (Lipinski definition) is 1.